The molecular formula is C14H16Cl2O6. The molecule has 0 spiro atoms. The van der Waals surface area contributed by atoms with Gasteiger partial charge in [0.15, 0.2) is 0 Å². The minimum atomic E-state index is -1.10. The average molecular weight is 351 g/mol. The van der Waals surface area contributed by atoms with Crippen molar-refractivity contribution in [2.75, 3.05) is 13.2 Å². The van der Waals surface area contributed by atoms with Crippen molar-refractivity contribution in [1.82, 2.24) is 0 Å². The van der Waals surface area contributed by atoms with Crippen LogP contribution < -0.4 is 0 Å². The second-order valence-electron chi connectivity index (χ2n) is 4.26. The van der Waals surface area contributed by atoms with Gasteiger partial charge in [0.2, 0.25) is 0 Å². The van der Waals surface area contributed by atoms with Crippen LogP contribution in [0, 0.1) is 0 Å². The van der Waals surface area contributed by atoms with E-state index in [9.17, 15) is 9.59 Å². The Kier molecular flexibility index (Phi) is 8.19. The predicted octanol–water partition coefficient (Wildman–Crippen LogP) is 1.89. The number of hydrogen-bond donors (Lipinski definition) is 2. The summed E-state index contributed by atoms with van der Waals surface area (Å²) < 4.78 is 9.84. The van der Waals surface area contributed by atoms with Gasteiger partial charge in [-0.2, -0.15) is 0 Å². The number of esters is 2. The number of hydrogen-bond acceptors (Lipinski definition) is 6. The molecule has 22 heavy (non-hydrogen) atoms. The second-order valence-corrected chi connectivity index (χ2v) is 5.27. The van der Waals surface area contributed by atoms with Gasteiger partial charge in [-0.15, -0.1) is 0 Å². The van der Waals surface area contributed by atoms with Crippen LogP contribution in [0.4, 0.5) is 0 Å². The topological polar surface area (TPSA) is 93.1 Å². The first-order valence-corrected chi connectivity index (χ1v) is 7.36. The highest BCUT2D eigenvalue weighted by Gasteiger charge is 2.19. The smallest absolute Gasteiger partial charge is 0.339 e. The summed E-state index contributed by atoms with van der Waals surface area (Å²) >= 11 is 10.7. The lowest BCUT2D eigenvalue weighted by molar-refractivity contribution is 0.0422. The number of carbonyl (C=O) groups is 2. The Labute approximate surface area is 137 Å². The molecule has 1 aromatic rings. The third-order valence-corrected chi connectivity index (χ3v) is 2.98. The first-order valence-electron chi connectivity index (χ1n) is 6.49. The summed E-state index contributed by atoms with van der Waals surface area (Å²) in [5.41, 5.74) is -2.11. The number of ether oxygens (including phenoxy) is 2. The van der Waals surface area contributed by atoms with Crippen LogP contribution in [-0.2, 0) is 9.47 Å². The maximum Gasteiger partial charge on any atom is 0.339 e. The van der Waals surface area contributed by atoms with Crippen LogP contribution in [0.1, 0.15) is 33.6 Å². The van der Waals surface area contributed by atoms with Crippen LogP contribution in [0.2, 0.25) is 0 Å². The van der Waals surface area contributed by atoms with Crippen molar-refractivity contribution in [2.24, 2.45) is 0 Å². The summed E-state index contributed by atoms with van der Waals surface area (Å²) in [6.07, 6.45) is 0.154. The average Bonchev–Trinajstić information content (AvgIpc) is 2.46. The van der Waals surface area contributed by atoms with Crippen molar-refractivity contribution >= 4 is 35.1 Å². The van der Waals surface area contributed by atoms with E-state index in [1.807, 2.05) is 0 Å². The van der Waals surface area contributed by atoms with Gasteiger partial charge in [-0.3, -0.25) is 0 Å². The normalized spacial score (nSPS) is 13.3. The molecule has 8 heteroatoms. The van der Waals surface area contributed by atoms with E-state index in [0.717, 1.165) is 0 Å². The number of rotatable bonds is 8. The van der Waals surface area contributed by atoms with Crippen molar-refractivity contribution in [3.8, 4) is 0 Å². The van der Waals surface area contributed by atoms with Gasteiger partial charge in [-0.25, -0.2) is 9.59 Å². The van der Waals surface area contributed by atoms with Gasteiger partial charge in [0.25, 0.3) is 0 Å². The molecule has 0 amide bonds. The van der Waals surface area contributed by atoms with Crippen LogP contribution in [-0.4, -0.2) is 46.5 Å². The van der Waals surface area contributed by atoms with Crippen molar-refractivity contribution < 1.29 is 29.3 Å². The first kappa shape index (κ1) is 18.7. The highest BCUT2D eigenvalue weighted by atomic mass is 35.5. The highest BCUT2D eigenvalue weighted by molar-refractivity contribution is 6.19. The fraction of sp³-hybridized carbons (Fsp3) is 0.429. The monoisotopic (exact) mass is 350 g/mol. The van der Waals surface area contributed by atoms with E-state index in [1.54, 1.807) is 12.1 Å². The molecule has 0 aliphatic heterocycles. The molecular weight excluding hydrogens is 335 g/mol. The molecule has 0 aliphatic carbocycles. The maximum atomic E-state index is 11.9. The van der Waals surface area contributed by atoms with E-state index in [-0.39, 0.29) is 37.2 Å². The number of halogens is 2. The predicted molar refractivity (Wildman–Crippen MR) is 80.0 cm³/mol. The SMILES string of the molecule is O=C(OCCC(O)Cl)c1ccccc1C(=O)OCCC(O)Cl. The summed E-state index contributed by atoms with van der Waals surface area (Å²) in [4.78, 5) is 23.8. The molecule has 2 N–H and O–H groups in total. The van der Waals surface area contributed by atoms with Crippen molar-refractivity contribution in [3.63, 3.8) is 0 Å². The Morgan fingerprint density at radius 3 is 1.59 bits per heavy atom. The van der Waals surface area contributed by atoms with Gasteiger partial charge < -0.3 is 19.7 Å². The van der Waals surface area contributed by atoms with E-state index in [2.05, 4.69) is 0 Å². The van der Waals surface area contributed by atoms with Crippen LogP contribution in [0.5, 0.6) is 0 Å². The molecule has 6 nitrogen and oxygen atoms in total. The Morgan fingerprint density at radius 2 is 1.27 bits per heavy atom. The lowest BCUT2D eigenvalue weighted by Crippen LogP contribution is -2.16. The molecule has 0 radical (unpaired) electrons. The van der Waals surface area contributed by atoms with Crippen molar-refractivity contribution in [2.45, 2.75) is 24.0 Å². The van der Waals surface area contributed by atoms with E-state index in [4.69, 9.17) is 42.9 Å². The molecule has 0 saturated carbocycles. The summed E-state index contributed by atoms with van der Waals surface area (Å²) in [5, 5.41) is 17.8. The largest absolute Gasteiger partial charge is 0.462 e. The third-order valence-electron chi connectivity index (χ3n) is 2.55. The fourth-order valence-corrected chi connectivity index (χ4v) is 1.67. The van der Waals surface area contributed by atoms with Gasteiger partial charge in [0.05, 0.1) is 24.3 Å². The highest BCUT2D eigenvalue weighted by Crippen LogP contribution is 2.13. The molecule has 0 saturated heterocycles. The lowest BCUT2D eigenvalue weighted by atomic mass is 10.1. The standard InChI is InChI=1S/C14H16Cl2O6/c15-11(17)5-7-21-13(19)9-3-1-2-4-10(9)14(20)22-8-6-12(16)18/h1-4,11-12,17-18H,5-8H2. The van der Waals surface area contributed by atoms with Crippen LogP contribution in [0.15, 0.2) is 24.3 Å². The Balaban J connectivity index is 2.68. The lowest BCUT2D eigenvalue weighted by Gasteiger charge is -2.10. The zero-order chi connectivity index (χ0) is 16.5. The fourth-order valence-electron chi connectivity index (χ4n) is 1.49. The molecule has 2 unspecified atom stereocenters. The molecule has 1 aromatic carbocycles. The van der Waals surface area contributed by atoms with Gasteiger partial charge in [0, 0.05) is 12.8 Å². The minimum Gasteiger partial charge on any atom is -0.462 e. The van der Waals surface area contributed by atoms with E-state index >= 15 is 0 Å². The Bertz CT molecular complexity index is 459. The van der Waals surface area contributed by atoms with E-state index < -0.39 is 23.1 Å². The number of aliphatic hydroxyl groups is 2. The molecule has 0 heterocycles. The molecule has 2 atom stereocenters. The second kappa shape index (κ2) is 9.63. The van der Waals surface area contributed by atoms with Crippen LogP contribution >= 0.6 is 23.2 Å². The number of alkyl halides is 2. The van der Waals surface area contributed by atoms with Gasteiger partial charge in [-0.05, 0) is 12.1 Å². The maximum absolute atomic E-state index is 11.9. The number of carbonyl (C=O) groups excluding carboxylic acids is 2. The molecule has 0 aromatic heterocycles. The first-order chi connectivity index (χ1) is 10.4. The van der Waals surface area contributed by atoms with Crippen LogP contribution in [0.3, 0.4) is 0 Å². The Hall–Kier alpha value is -1.34. The van der Waals surface area contributed by atoms with Gasteiger partial charge in [0.1, 0.15) is 11.1 Å². The van der Waals surface area contributed by atoms with Crippen molar-refractivity contribution in [1.29, 1.82) is 0 Å². The van der Waals surface area contributed by atoms with Gasteiger partial charge >= 0.3 is 11.9 Å². The Morgan fingerprint density at radius 1 is 0.909 bits per heavy atom. The summed E-state index contributed by atoms with van der Waals surface area (Å²) in [7, 11) is 0. The molecule has 1 rings (SSSR count). The summed E-state index contributed by atoms with van der Waals surface area (Å²) in [6, 6.07) is 6.00. The quantitative estimate of drug-likeness (QED) is 0.549. The molecule has 122 valence electrons. The number of aliphatic hydroxyl groups excluding tert-OH is 2. The summed E-state index contributed by atoms with van der Waals surface area (Å²) in [5.74, 6) is -1.44. The zero-order valence-corrected chi connectivity index (χ0v) is 13.1. The third kappa shape index (κ3) is 6.62. The minimum absolute atomic E-state index is 0.0444. The van der Waals surface area contributed by atoms with E-state index in [1.165, 1.54) is 12.1 Å². The molecule has 0 aliphatic rings. The van der Waals surface area contributed by atoms with Crippen LogP contribution in [0.25, 0.3) is 0 Å². The molecule has 0 fully saturated rings. The van der Waals surface area contributed by atoms with Gasteiger partial charge in [-0.1, -0.05) is 35.3 Å². The summed E-state index contributed by atoms with van der Waals surface area (Å²) in [6.45, 7) is -0.156. The van der Waals surface area contributed by atoms with E-state index in [0.29, 0.717) is 0 Å². The molecule has 0 bridgehead atoms. The number of benzene rings is 1. The van der Waals surface area contributed by atoms with Crippen molar-refractivity contribution in [3.05, 3.63) is 35.4 Å². The zero-order valence-electron chi connectivity index (χ0n) is 11.6.